The van der Waals surface area contributed by atoms with Crippen molar-refractivity contribution < 1.29 is 9.26 Å². The minimum absolute atomic E-state index is 0.491. The van der Waals surface area contributed by atoms with Crippen LogP contribution in [-0.2, 0) is 0 Å². The molecule has 1 aromatic heterocycles. The first-order valence-electron chi connectivity index (χ1n) is 2.30. The lowest BCUT2D eigenvalue weighted by atomic mass is 10.4. The summed E-state index contributed by atoms with van der Waals surface area (Å²) >= 11 is 0. The summed E-state index contributed by atoms with van der Waals surface area (Å²) < 4.78 is 9.40. The van der Waals surface area contributed by atoms with E-state index in [0.29, 0.717) is 5.95 Å². The molecule has 3 heteroatoms. The second-order valence-corrected chi connectivity index (χ2v) is 1.50. The monoisotopic (exact) mass is 113 g/mol. The maximum absolute atomic E-state index is 4.76. The lowest BCUT2D eigenvalue weighted by Crippen LogP contribution is -1.79. The summed E-state index contributed by atoms with van der Waals surface area (Å²) in [6.45, 7) is 1.87. The van der Waals surface area contributed by atoms with Crippen LogP contribution in [0.25, 0.3) is 0 Å². The molecule has 0 fully saturated rings. The van der Waals surface area contributed by atoms with Gasteiger partial charge >= 0.3 is 5.95 Å². The van der Waals surface area contributed by atoms with Crippen LogP contribution in [0.4, 0.5) is 0 Å². The molecule has 1 heterocycles. The highest BCUT2D eigenvalue weighted by molar-refractivity contribution is 5.15. The van der Waals surface area contributed by atoms with Crippen molar-refractivity contribution in [1.29, 1.82) is 0 Å². The van der Waals surface area contributed by atoms with Crippen LogP contribution in [0.2, 0.25) is 0 Å². The molecule has 0 saturated carbocycles. The highest BCUT2D eigenvalue weighted by atomic mass is 16.6. The van der Waals surface area contributed by atoms with Crippen LogP contribution in [0, 0.1) is 6.92 Å². The molecule has 0 saturated heterocycles. The second-order valence-electron chi connectivity index (χ2n) is 1.50. The first kappa shape index (κ1) is 5.15. The van der Waals surface area contributed by atoms with Crippen LogP contribution in [-0.4, -0.2) is 12.3 Å². The van der Waals surface area contributed by atoms with Crippen molar-refractivity contribution in [1.82, 2.24) is 5.16 Å². The standard InChI is InChI=1S/C5H7NO2/c1-4-3-6-8-5(4)7-2/h3H,1-2H3. The van der Waals surface area contributed by atoms with Crippen molar-refractivity contribution in [2.24, 2.45) is 0 Å². The molecule has 3 nitrogen and oxygen atoms in total. The SMILES string of the molecule is COc1oncc1C. The van der Waals surface area contributed by atoms with Gasteiger partial charge in [0.1, 0.15) is 0 Å². The van der Waals surface area contributed by atoms with E-state index in [0.717, 1.165) is 5.56 Å². The smallest absolute Gasteiger partial charge is 0.313 e. The van der Waals surface area contributed by atoms with Crippen molar-refractivity contribution in [3.63, 3.8) is 0 Å². The van der Waals surface area contributed by atoms with E-state index in [1.54, 1.807) is 13.3 Å². The predicted octanol–water partition coefficient (Wildman–Crippen LogP) is 0.992. The van der Waals surface area contributed by atoms with Gasteiger partial charge in [-0.3, -0.25) is 0 Å². The van der Waals surface area contributed by atoms with E-state index in [1.807, 2.05) is 6.92 Å². The molecular formula is C5H7NO2. The van der Waals surface area contributed by atoms with Gasteiger partial charge < -0.3 is 9.26 Å². The molecule has 0 N–H and O–H groups in total. The third-order valence-electron chi connectivity index (χ3n) is 0.889. The van der Waals surface area contributed by atoms with Crippen LogP contribution < -0.4 is 4.74 Å². The normalized spacial score (nSPS) is 9.25. The van der Waals surface area contributed by atoms with Gasteiger partial charge in [-0.05, 0) is 6.92 Å². The number of methoxy groups -OCH3 is 1. The highest BCUT2D eigenvalue weighted by Gasteiger charge is 1.98. The number of nitrogens with zero attached hydrogens (tertiary/aromatic N) is 1. The Labute approximate surface area is 47.2 Å². The molecule has 1 rings (SSSR count). The number of hydrogen-bond acceptors (Lipinski definition) is 3. The zero-order valence-electron chi connectivity index (χ0n) is 4.84. The van der Waals surface area contributed by atoms with Crippen LogP contribution in [0.1, 0.15) is 5.56 Å². The van der Waals surface area contributed by atoms with Gasteiger partial charge in [-0.2, -0.15) is 0 Å². The largest absolute Gasteiger partial charge is 0.467 e. The van der Waals surface area contributed by atoms with Gasteiger partial charge in [-0.15, -0.1) is 0 Å². The number of hydrogen-bond donors (Lipinski definition) is 0. The minimum Gasteiger partial charge on any atom is -0.467 e. The average Bonchev–Trinajstić information content (AvgIpc) is 2.14. The van der Waals surface area contributed by atoms with Crippen LogP contribution >= 0.6 is 0 Å². The number of aromatic nitrogens is 1. The molecule has 0 aromatic carbocycles. The van der Waals surface area contributed by atoms with E-state index in [-0.39, 0.29) is 0 Å². The zero-order chi connectivity index (χ0) is 5.98. The fraction of sp³-hybridized carbons (Fsp3) is 0.400. The van der Waals surface area contributed by atoms with Crippen molar-refractivity contribution in [2.75, 3.05) is 7.11 Å². The Bertz CT molecular complexity index is 171. The molecule has 0 bridgehead atoms. The van der Waals surface area contributed by atoms with Crippen molar-refractivity contribution >= 4 is 0 Å². The summed E-state index contributed by atoms with van der Waals surface area (Å²) in [5, 5.41) is 3.49. The van der Waals surface area contributed by atoms with Crippen LogP contribution in [0.5, 0.6) is 5.95 Å². The molecule has 44 valence electrons. The van der Waals surface area contributed by atoms with Gasteiger partial charge in [0.05, 0.1) is 18.9 Å². The minimum atomic E-state index is 0.491. The molecule has 0 amide bonds. The van der Waals surface area contributed by atoms with Crippen molar-refractivity contribution in [2.45, 2.75) is 6.92 Å². The number of rotatable bonds is 1. The summed E-state index contributed by atoms with van der Waals surface area (Å²) in [4.78, 5) is 0. The third-order valence-corrected chi connectivity index (χ3v) is 0.889. The first-order valence-corrected chi connectivity index (χ1v) is 2.30. The lowest BCUT2D eigenvalue weighted by molar-refractivity contribution is 0.259. The summed E-state index contributed by atoms with van der Waals surface area (Å²) in [6.07, 6.45) is 1.61. The second kappa shape index (κ2) is 1.86. The zero-order valence-corrected chi connectivity index (χ0v) is 4.84. The van der Waals surface area contributed by atoms with E-state index in [9.17, 15) is 0 Å². The Morgan fingerprint density at radius 1 is 1.75 bits per heavy atom. The van der Waals surface area contributed by atoms with Gasteiger partial charge in [0.2, 0.25) is 0 Å². The van der Waals surface area contributed by atoms with E-state index >= 15 is 0 Å². The lowest BCUT2D eigenvalue weighted by Gasteiger charge is -1.88. The molecule has 0 aliphatic carbocycles. The van der Waals surface area contributed by atoms with Crippen LogP contribution in [0.15, 0.2) is 10.7 Å². The van der Waals surface area contributed by atoms with Gasteiger partial charge in [-0.25, -0.2) is 0 Å². The van der Waals surface area contributed by atoms with E-state index in [1.165, 1.54) is 0 Å². The molecule has 0 aliphatic heterocycles. The fourth-order valence-electron chi connectivity index (χ4n) is 0.476. The first-order chi connectivity index (χ1) is 3.84. The predicted molar refractivity (Wildman–Crippen MR) is 27.8 cm³/mol. The Morgan fingerprint density at radius 2 is 2.50 bits per heavy atom. The van der Waals surface area contributed by atoms with Gasteiger partial charge in [0.25, 0.3) is 0 Å². The van der Waals surface area contributed by atoms with Crippen molar-refractivity contribution in [3.8, 4) is 5.95 Å². The molecule has 8 heavy (non-hydrogen) atoms. The molecule has 0 radical (unpaired) electrons. The summed E-state index contributed by atoms with van der Waals surface area (Å²) in [5.74, 6) is 0.491. The summed E-state index contributed by atoms with van der Waals surface area (Å²) in [5.41, 5.74) is 0.924. The quantitative estimate of drug-likeness (QED) is 0.544. The molecule has 1 aromatic rings. The maximum atomic E-state index is 4.76. The highest BCUT2D eigenvalue weighted by Crippen LogP contribution is 2.13. The Morgan fingerprint density at radius 3 is 2.75 bits per heavy atom. The molecule has 0 atom stereocenters. The fourth-order valence-corrected chi connectivity index (χ4v) is 0.476. The van der Waals surface area contributed by atoms with Gasteiger partial charge in [0, 0.05) is 0 Å². The average molecular weight is 113 g/mol. The Kier molecular flexibility index (Phi) is 1.20. The molecule has 0 aliphatic rings. The van der Waals surface area contributed by atoms with Crippen LogP contribution in [0.3, 0.4) is 0 Å². The van der Waals surface area contributed by atoms with Crippen molar-refractivity contribution in [3.05, 3.63) is 11.8 Å². The summed E-state index contributed by atoms with van der Waals surface area (Å²) in [6, 6.07) is 0. The van der Waals surface area contributed by atoms with Gasteiger partial charge in [-0.1, -0.05) is 5.16 Å². The van der Waals surface area contributed by atoms with Gasteiger partial charge in [0.15, 0.2) is 0 Å². The number of ether oxygens (including phenoxy) is 1. The Balaban J connectivity index is 2.92. The molecular weight excluding hydrogens is 106 g/mol. The number of aryl methyl sites for hydroxylation is 1. The third kappa shape index (κ3) is 0.665. The van der Waals surface area contributed by atoms with E-state index < -0.39 is 0 Å². The Hall–Kier alpha value is -0.990. The molecule has 0 unspecified atom stereocenters. The summed E-state index contributed by atoms with van der Waals surface area (Å²) in [7, 11) is 1.55. The molecule has 0 spiro atoms. The van der Waals surface area contributed by atoms with E-state index in [4.69, 9.17) is 4.74 Å². The maximum Gasteiger partial charge on any atom is 0.313 e. The van der Waals surface area contributed by atoms with E-state index in [2.05, 4.69) is 9.68 Å². The topological polar surface area (TPSA) is 35.3 Å².